The van der Waals surface area contributed by atoms with Crippen molar-refractivity contribution in [2.24, 2.45) is 5.10 Å². The van der Waals surface area contributed by atoms with Gasteiger partial charge in [0.15, 0.2) is 0 Å². The average molecular weight is 375 g/mol. The van der Waals surface area contributed by atoms with E-state index in [-0.39, 0.29) is 6.61 Å². The quantitative estimate of drug-likeness (QED) is 0.495. The highest BCUT2D eigenvalue weighted by Gasteiger charge is 2.04. The van der Waals surface area contributed by atoms with Crippen LogP contribution in [0.3, 0.4) is 0 Å². The van der Waals surface area contributed by atoms with Gasteiger partial charge in [-0.1, -0.05) is 21.9 Å². The summed E-state index contributed by atoms with van der Waals surface area (Å²) < 4.78 is 18.9. The molecule has 0 spiro atoms. The minimum atomic E-state index is -0.433. The first-order valence-electron chi connectivity index (χ1n) is 6.55. The van der Waals surface area contributed by atoms with Crippen LogP contribution in [-0.2, 0) is 0 Å². The van der Waals surface area contributed by atoms with E-state index in [1.54, 1.807) is 18.2 Å². The van der Waals surface area contributed by atoms with Gasteiger partial charge in [-0.2, -0.15) is 5.10 Å². The van der Waals surface area contributed by atoms with Gasteiger partial charge < -0.3 is 4.74 Å². The molecule has 2 aromatic rings. The number of terminal acetylenes is 1. The number of carbonyl (C=O) groups excluding carboxylic acids is 1. The lowest BCUT2D eigenvalue weighted by Crippen LogP contribution is -2.17. The van der Waals surface area contributed by atoms with Crippen LogP contribution in [0.15, 0.2) is 52.0 Å². The summed E-state index contributed by atoms with van der Waals surface area (Å²) in [6.45, 7) is 0.166. The Bertz CT molecular complexity index is 767. The number of amides is 1. The van der Waals surface area contributed by atoms with Crippen LogP contribution in [0.25, 0.3) is 0 Å². The van der Waals surface area contributed by atoms with E-state index < -0.39 is 11.7 Å². The van der Waals surface area contributed by atoms with E-state index in [2.05, 4.69) is 32.4 Å². The number of carbonyl (C=O) groups is 1. The van der Waals surface area contributed by atoms with Gasteiger partial charge in [-0.05, 0) is 42.5 Å². The van der Waals surface area contributed by atoms with Crippen molar-refractivity contribution in [2.45, 2.75) is 0 Å². The zero-order valence-electron chi connectivity index (χ0n) is 11.9. The molecule has 0 bridgehead atoms. The molecule has 0 unspecified atom stereocenters. The summed E-state index contributed by atoms with van der Waals surface area (Å²) in [4.78, 5) is 11.8. The molecule has 0 aliphatic heterocycles. The summed E-state index contributed by atoms with van der Waals surface area (Å²) in [5.41, 5.74) is 3.39. The van der Waals surface area contributed by atoms with Crippen LogP contribution in [0.2, 0.25) is 0 Å². The number of nitrogens with zero attached hydrogens (tertiary/aromatic N) is 1. The topological polar surface area (TPSA) is 50.7 Å². The molecule has 23 heavy (non-hydrogen) atoms. The van der Waals surface area contributed by atoms with Gasteiger partial charge in [-0.25, -0.2) is 9.82 Å². The molecule has 2 aromatic carbocycles. The van der Waals surface area contributed by atoms with Crippen LogP contribution in [0, 0.1) is 18.2 Å². The van der Waals surface area contributed by atoms with Crippen LogP contribution in [0.5, 0.6) is 5.75 Å². The molecule has 6 heteroatoms. The Kier molecular flexibility index (Phi) is 5.89. The molecule has 0 heterocycles. The van der Waals surface area contributed by atoms with Crippen molar-refractivity contribution in [2.75, 3.05) is 6.61 Å². The van der Waals surface area contributed by atoms with E-state index in [0.717, 1.165) is 4.47 Å². The smallest absolute Gasteiger partial charge is 0.271 e. The van der Waals surface area contributed by atoms with E-state index in [1.807, 2.05) is 0 Å². The van der Waals surface area contributed by atoms with Gasteiger partial charge >= 0.3 is 0 Å². The third kappa shape index (κ3) is 4.94. The lowest BCUT2D eigenvalue weighted by atomic mass is 10.2. The van der Waals surface area contributed by atoms with Crippen LogP contribution < -0.4 is 10.2 Å². The SMILES string of the molecule is C#CCOc1ccc(Br)c(C=NNC(=O)c2ccc(F)cc2)c1. The van der Waals surface area contributed by atoms with Gasteiger partial charge in [0.1, 0.15) is 18.2 Å². The molecule has 0 saturated carbocycles. The summed E-state index contributed by atoms with van der Waals surface area (Å²) in [6, 6.07) is 10.5. The molecule has 1 N–H and O–H groups in total. The lowest BCUT2D eigenvalue weighted by molar-refractivity contribution is 0.0955. The average Bonchev–Trinajstić information content (AvgIpc) is 2.55. The Hall–Kier alpha value is -2.65. The van der Waals surface area contributed by atoms with Crippen molar-refractivity contribution in [1.29, 1.82) is 0 Å². The molecule has 0 aliphatic carbocycles. The van der Waals surface area contributed by atoms with Crippen LogP contribution in [0.1, 0.15) is 15.9 Å². The third-order valence-electron chi connectivity index (χ3n) is 2.77. The van der Waals surface area contributed by atoms with E-state index >= 15 is 0 Å². The van der Waals surface area contributed by atoms with Gasteiger partial charge in [0.25, 0.3) is 5.91 Å². The van der Waals surface area contributed by atoms with E-state index in [9.17, 15) is 9.18 Å². The summed E-state index contributed by atoms with van der Waals surface area (Å²) >= 11 is 3.38. The monoisotopic (exact) mass is 374 g/mol. The van der Waals surface area contributed by atoms with Crippen molar-refractivity contribution >= 4 is 28.1 Å². The summed E-state index contributed by atoms with van der Waals surface area (Å²) in [6.07, 6.45) is 6.61. The standard InChI is InChI=1S/C17H12BrFN2O2/c1-2-9-23-15-7-8-16(18)13(10-15)11-20-21-17(22)12-3-5-14(19)6-4-12/h1,3-8,10-11H,9H2,(H,21,22). The molecule has 4 nitrogen and oxygen atoms in total. The largest absolute Gasteiger partial charge is 0.481 e. The zero-order chi connectivity index (χ0) is 16.7. The van der Waals surface area contributed by atoms with Gasteiger partial charge in [-0.3, -0.25) is 4.79 Å². The normalized spacial score (nSPS) is 10.3. The Labute approximate surface area is 141 Å². The number of benzene rings is 2. The maximum absolute atomic E-state index is 12.8. The number of nitrogens with one attached hydrogen (secondary N) is 1. The number of halogens is 2. The highest BCUT2D eigenvalue weighted by Crippen LogP contribution is 2.21. The van der Waals surface area contributed by atoms with Crippen molar-refractivity contribution in [3.8, 4) is 18.1 Å². The fraction of sp³-hybridized carbons (Fsp3) is 0.0588. The summed E-state index contributed by atoms with van der Waals surface area (Å²) in [5, 5.41) is 3.88. The lowest BCUT2D eigenvalue weighted by Gasteiger charge is -2.05. The van der Waals surface area contributed by atoms with Gasteiger partial charge in [0.2, 0.25) is 0 Å². The third-order valence-corrected chi connectivity index (χ3v) is 3.49. The molecule has 1 amide bonds. The summed E-state index contributed by atoms with van der Waals surface area (Å²) in [7, 11) is 0. The van der Waals surface area contributed by atoms with Crippen LogP contribution in [-0.4, -0.2) is 18.7 Å². The first-order chi connectivity index (χ1) is 11.1. The fourth-order valence-corrected chi connectivity index (χ4v) is 2.01. The second-order valence-corrected chi connectivity index (χ2v) is 5.24. The maximum atomic E-state index is 12.8. The Morgan fingerprint density at radius 3 is 2.78 bits per heavy atom. The predicted molar refractivity (Wildman–Crippen MR) is 89.9 cm³/mol. The van der Waals surface area contributed by atoms with Crippen molar-refractivity contribution in [3.63, 3.8) is 0 Å². The van der Waals surface area contributed by atoms with Crippen molar-refractivity contribution < 1.29 is 13.9 Å². The molecule has 0 aromatic heterocycles. The Morgan fingerprint density at radius 2 is 2.09 bits per heavy atom. The number of hydrazone groups is 1. The van der Waals surface area contributed by atoms with Crippen molar-refractivity contribution in [3.05, 3.63) is 63.9 Å². The summed E-state index contributed by atoms with van der Waals surface area (Å²) in [5.74, 6) is 2.14. The van der Waals surface area contributed by atoms with Gasteiger partial charge in [0, 0.05) is 15.6 Å². The van der Waals surface area contributed by atoms with Crippen molar-refractivity contribution in [1.82, 2.24) is 5.43 Å². The Balaban J connectivity index is 2.03. The molecule has 0 aliphatic rings. The molecule has 0 atom stereocenters. The number of hydrogen-bond donors (Lipinski definition) is 1. The van der Waals surface area contributed by atoms with E-state index in [1.165, 1.54) is 30.5 Å². The van der Waals surface area contributed by atoms with Crippen LogP contribution in [0.4, 0.5) is 4.39 Å². The first-order valence-corrected chi connectivity index (χ1v) is 7.34. The Morgan fingerprint density at radius 1 is 1.35 bits per heavy atom. The molecule has 2 rings (SSSR count). The highest BCUT2D eigenvalue weighted by molar-refractivity contribution is 9.10. The highest BCUT2D eigenvalue weighted by atomic mass is 79.9. The zero-order valence-corrected chi connectivity index (χ0v) is 13.5. The van der Waals surface area contributed by atoms with Crippen LogP contribution >= 0.6 is 15.9 Å². The molecule has 116 valence electrons. The fourth-order valence-electron chi connectivity index (χ4n) is 1.66. The number of hydrogen-bond acceptors (Lipinski definition) is 3. The van der Waals surface area contributed by atoms with E-state index in [4.69, 9.17) is 11.2 Å². The predicted octanol–water partition coefficient (Wildman–Crippen LogP) is 3.36. The molecular weight excluding hydrogens is 363 g/mol. The first kappa shape index (κ1) is 16.7. The van der Waals surface area contributed by atoms with Gasteiger partial charge in [-0.15, -0.1) is 6.42 Å². The van der Waals surface area contributed by atoms with Gasteiger partial charge in [0.05, 0.1) is 6.21 Å². The minimum Gasteiger partial charge on any atom is -0.481 e. The molecule has 0 saturated heterocycles. The number of ether oxygens (including phenoxy) is 1. The molecule has 0 radical (unpaired) electrons. The number of rotatable bonds is 5. The second-order valence-electron chi connectivity index (χ2n) is 4.38. The maximum Gasteiger partial charge on any atom is 0.271 e. The van der Waals surface area contributed by atoms with E-state index in [0.29, 0.717) is 16.9 Å². The second kappa shape index (κ2) is 8.11. The molecule has 0 fully saturated rings. The molecular formula is C17H12BrFN2O2. The minimum absolute atomic E-state index is 0.166.